The molecule has 0 unspecified atom stereocenters. The van der Waals surface area contributed by atoms with E-state index >= 15 is 0 Å². The van der Waals surface area contributed by atoms with Crippen LogP contribution in [-0.4, -0.2) is 20.4 Å². The molecule has 0 aliphatic rings. The average molecular weight is 301 g/mol. The lowest BCUT2D eigenvalue weighted by Crippen LogP contribution is -2.26. The number of anilines is 1. The van der Waals surface area contributed by atoms with Gasteiger partial charge in [-0.1, -0.05) is 11.6 Å². The van der Waals surface area contributed by atoms with E-state index < -0.39 is 15.8 Å². The molecular formula is C12H10ClFN2O2S. The van der Waals surface area contributed by atoms with Crippen LogP contribution in [0.1, 0.15) is 0 Å². The Kier molecular flexibility index (Phi) is 3.73. The first-order valence-electron chi connectivity index (χ1n) is 5.27. The molecule has 1 aromatic carbocycles. The van der Waals surface area contributed by atoms with Gasteiger partial charge in [0.2, 0.25) is 0 Å². The lowest BCUT2D eigenvalue weighted by molar-refractivity contribution is 0.594. The topological polar surface area (TPSA) is 50.3 Å². The van der Waals surface area contributed by atoms with Gasteiger partial charge in [0, 0.05) is 13.2 Å². The molecule has 0 spiro atoms. The smallest absolute Gasteiger partial charge is 0.264 e. The molecule has 100 valence electrons. The molecule has 0 radical (unpaired) electrons. The number of rotatable bonds is 3. The number of hydrogen-bond acceptors (Lipinski definition) is 3. The number of hydrogen-bond donors (Lipinski definition) is 0. The first-order valence-corrected chi connectivity index (χ1v) is 7.09. The molecular weight excluding hydrogens is 291 g/mol. The largest absolute Gasteiger partial charge is 0.269 e. The van der Waals surface area contributed by atoms with E-state index in [1.807, 2.05) is 0 Å². The van der Waals surface area contributed by atoms with Gasteiger partial charge in [0.05, 0.1) is 10.6 Å². The minimum atomic E-state index is -3.74. The maximum absolute atomic E-state index is 12.8. The Hall–Kier alpha value is -1.66. The normalized spacial score (nSPS) is 11.3. The third-order valence-electron chi connectivity index (χ3n) is 2.55. The minimum absolute atomic E-state index is 0.0272. The summed E-state index contributed by atoms with van der Waals surface area (Å²) >= 11 is 5.68. The van der Waals surface area contributed by atoms with Crippen LogP contribution >= 0.6 is 11.6 Å². The van der Waals surface area contributed by atoms with Crippen molar-refractivity contribution in [3.05, 3.63) is 53.6 Å². The number of sulfonamides is 1. The fourth-order valence-electron chi connectivity index (χ4n) is 1.49. The van der Waals surface area contributed by atoms with Gasteiger partial charge in [-0.3, -0.25) is 4.31 Å². The Labute approximate surface area is 115 Å². The Bertz CT molecular complexity index is 689. The summed E-state index contributed by atoms with van der Waals surface area (Å²) in [5.41, 5.74) is 0.356. The van der Waals surface area contributed by atoms with E-state index in [1.165, 1.54) is 49.6 Å². The summed E-state index contributed by atoms with van der Waals surface area (Å²) in [6.07, 6.45) is 1.31. The summed E-state index contributed by atoms with van der Waals surface area (Å²) < 4.78 is 38.5. The van der Waals surface area contributed by atoms with Gasteiger partial charge in [0.15, 0.2) is 0 Å². The van der Waals surface area contributed by atoms with Gasteiger partial charge in [-0.15, -0.1) is 0 Å². The fourth-order valence-corrected chi connectivity index (χ4v) is 2.94. The van der Waals surface area contributed by atoms with Crippen LogP contribution in [0.25, 0.3) is 0 Å². The molecule has 0 bridgehead atoms. The van der Waals surface area contributed by atoms with Crippen LogP contribution < -0.4 is 4.31 Å². The average Bonchev–Trinajstić information content (AvgIpc) is 2.39. The number of pyridine rings is 1. The molecule has 0 atom stereocenters. The number of halogens is 2. The van der Waals surface area contributed by atoms with Gasteiger partial charge in [0.25, 0.3) is 10.0 Å². The van der Waals surface area contributed by atoms with E-state index in [-0.39, 0.29) is 10.0 Å². The van der Waals surface area contributed by atoms with Gasteiger partial charge >= 0.3 is 0 Å². The number of nitrogens with zero attached hydrogens (tertiary/aromatic N) is 2. The molecule has 1 aromatic heterocycles. The van der Waals surface area contributed by atoms with Gasteiger partial charge in [-0.05, 0) is 36.4 Å². The van der Waals surface area contributed by atoms with Crippen LogP contribution in [0.2, 0.25) is 5.15 Å². The second-order valence-electron chi connectivity index (χ2n) is 3.76. The van der Waals surface area contributed by atoms with Crippen LogP contribution in [0.3, 0.4) is 0 Å². The molecule has 0 saturated carbocycles. The van der Waals surface area contributed by atoms with Crippen molar-refractivity contribution in [2.45, 2.75) is 4.90 Å². The Balaban J connectivity index is 2.42. The van der Waals surface area contributed by atoms with Gasteiger partial charge < -0.3 is 0 Å². The van der Waals surface area contributed by atoms with E-state index in [2.05, 4.69) is 4.98 Å². The van der Waals surface area contributed by atoms with Crippen molar-refractivity contribution in [1.29, 1.82) is 0 Å². The van der Waals surface area contributed by atoms with Gasteiger partial charge in [-0.25, -0.2) is 17.8 Å². The SMILES string of the molecule is CN(c1ccc(F)cc1)S(=O)(=O)c1ccnc(Cl)c1. The third-order valence-corrected chi connectivity index (χ3v) is 4.53. The zero-order valence-electron chi connectivity index (χ0n) is 9.92. The summed E-state index contributed by atoms with van der Waals surface area (Å²) in [5, 5.41) is 0.0913. The van der Waals surface area contributed by atoms with E-state index in [0.29, 0.717) is 5.69 Å². The summed E-state index contributed by atoms with van der Waals surface area (Å²) in [7, 11) is -2.36. The van der Waals surface area contributed by atoms with Crippen molar-refractivity contribution < 1.29 is 12.8 Å². The first-order chi connectivity index (χ1) is 8.91. The standard InChI is InChI=1S/C12H10ClFN2O2S/c1-16(10-4-2-9(14)3-5-10)19(17,18)11-6-7-15-12(13)8-11/h2-8H,1H3. The van der Waals surface area contributed by atoms with Crippen molar-refractivity contribution in [3.63, 3.8) is 0 Å². The highest BCUT2D eigenvalue weighted by Gasteiger charge is 2.21. The van der Waals surface area contributed by atoms with Crippen molar-refractivity contribution >= 4 is 27.3 Å². The van der Waals surface area contributed by atoms with Gasteiger partial charge in [-0.2, -0.15) is 0 Å². The van der Waals surface area contributed by atoms with Crippen molar-refractivity contribution in [3.8, 4) is 0 Å². The van der Waals surface area contributed by atoms with Crippen LogP contribution in [0.4, 0.5) is 10.1 Å². The predicted molar refractivity (Wildman–Crippen MR) is 71.2 cm³/mol. The molecule has 0 N–H and O–H groups in total. The summed E-state index contributed by atoms with van der Waals surface area (Å²) in [6.45, 7) is 0. The Morgan fingerprint density at radius 1 is 1.21 bits per heavy atom. The molecule has 0 fully saturated rings. The predicted octanol–water partition coefficient (Wildman–Crippen LogP) is 2.70. The van der Waals surface area contributed by atoms with Crippen molar-refractivity contribution in [2.75, 3.05) is 11.4 Å². The van der Waals surface area contributed by atoms with E-state index in [9.17, 15) is 12.8 Å². The molecule has 2 aromatic rings. The highest BCUT2D eigenvalue weighted by molar-refractivity contribution is 7.92. The molecule has 0 saturated heterocycles. The van der Waals surface area contributed by atoms with Crippen molar-refractivity contribution in [2.24, 2.45) is 0 Å². The van der Waals surface area contributed by atoms with E-state index in [0.717, 1.165) is 4.31 Å². The second-order valence-corrected chi connectivity index (χ2v) is 6.12. The van der Waals surface area contributed by atoms with Crippen LogP contribution in [-0.2, 0) is 10.0 Å². The summed E-state index contributed by atoms with van der Waals surface area (Å²) in [6, 6.07) is 7.77. The molecule has 7 heteroatoms. The third kappa shape index (κ3) is 2.85. The maximum Gasteiger partial charge on any atom is 0.264 e. The highest BCUT2D eigenvalue weighted by atomic mass is 35.5. The number of aromatic nitrogens is 1. The van der Waals surface area contributed by atoms with Crippen LogP contribution in [0.5, 0.6) is 0 Å². The van der Waals surface area contributed by atoms with Crippen molar-refractivity contribution in [1.82, 2.24) is 4.98 Å². The van der Waals surface area contributed by atoms with E-state index in [1.54, 1.807) is 0 Å². The molecule has 0 aliphatic carbocycles. The lowest BCUT2D eigenvalue weighted by atomic mass is 10.3. The molecule has 2 rings (SSSR count). The zero-order chi connectivity index (χ0) is 14.0. The Morgan fingerprint density at radius 3 is 2.42 bits per heavy atom. The maximum atomic E-state index is 12.8. The molecule has 1 heterocycles. The molecule has 19 heavy (non-hydrogen) atoms. The monoisotopic (exact) mass is 300 g/mol. The lowest BCUT2D eigenvalue weighted by Gasteiger charge is -2.19. The summed E-state index contributed by atoms with van der Waals surface area (Å²) in [5.74, 6) is -0.429. The van der Waals surface area contributed by atoms with Crippen LogP contribution in [0.15, 0.2) is 47.5 Å². The zero-order valence-corrected chi connectivity index (χ0v) is 11.5. The van der Waals surface area contributed by atoms with E-state index in [4.69, 9.17) is 11.6 Å². The van der Waals surface area contributed by atoms with Gasteiger partial charge in [0.1, 0.15) is 11.0 Å². The quantitative estimate of drug-likeness (QED) is 0.819. The highest BCUT2D eigenvalue weighted by Crippen LogP contribution is 2.23. The second kappa shape index (κ2) is 5.14. The Morgan fingerprint density at radius 2 is 1.84 bits per heavy atom. The fraction of sp³-hybridized carbons (Fsp3) is 0.0833. The number of benzene rings is 1. The molecule has 0 amide bonds. The molecule has 4 nitrogen and oxygen atoms in total. The van der Waals surface area contributed by atoms with Crippen LogP contribution in [0, 0.1) is 5.82 Å². The molecule has 0 aliphatic heterocycles. The first kappa shape index (κ1) is 13.8. The minimum Gasteiger partial charge on any atom is -0.269 e. The summed E-state index contributed by atoms with van der Waals surface area (Å²) in [4.78, 5) is 3.76.